The van der Waals surface area contributed by atoms with E-state index in [9.17, 15) is 14.9 Å². The SMILES string of the molecule is C=C(C(=O)Nc1cc2cc(C3(C#N)CC34CC4)ccc2cn1)C1CCN(C(=O)CC)CC1. The van der Waals surface area contributed by atoms with Gasteiger partial charge >= 0.3 is 0 Å². The van der Waals surface area contributed by atoms with Gasteiger partial charge in [0.05, 0.1) is 11.5 Å². The van der Waals surface area contributed by atoms with Gasteiger partial charge in [0.2, 0.25) is 5.91 Å². The van der Waals surface area contributed by atoms with Crippen molar-refractivity contribution in [3.05, 3.63) is 48.2 Å². The highest BCUT2D eigenvalue weighted by molar-refractivity contribution is 6.04. The van der Waals surface area contributed by atoms with E-state index in [1.54, 1.807) is 6.20 Å². The Labute approximate surface area is 188 Å². The number of carbonyl (C=O) groups excluding carboxylic acids is 2. The Bertz CT molecular complexity index is 1170. The van der Waals surface area contributed by atoms with E-state index in [2.05, 4.69) is 35.1 Å². The van der Waals surface area contributed by atoms with Gasteiger partial charge in [-0.25, -0.2) is 4.98 Å². The lowest BCUT2D eigenvalue weighted by Gasteiger charge is -2.32. The third-order valence-corrected chi connectivity index (χ3v) is 7.82. The fourth-order valence-electron chi connectivity index (χ4n) is 5.41. The Morgan fingerprint density at radius 3 is 2.62 bits per heavy atom. The van der Waals surface area contributed by atoms with Crippen LogP contribution >= 0.6 is 0 Å². The second kappa shape index (κ2) is 7.44. The number of aromatic nitrogens is 1. The molecule has 0 bridgehead atoms. The van der Waals surface area contributed by atoms with Crippen LogP contribution in [0.25, 0.3) is 10.8 Å². The lowest BCUT2D eigenvalue weighted by molar-refractivity contribution is -0.132. The average Bonchev–Trinajstić information content (AvgIpc) is 3.75. The van der Waals surface area contributed by atoms with E-state index < -0.39 is 0 Å². The van der Waals surface area contributed by atoms with Crippen LogP contribution in [0.15, 0.2) is 42.6 Å². The summed E-state index contributed by atoms with van der Waals surface area (Å²) in [5, 5.41) is 14.7. The predicted molar refractivity (Wildman–Crippen MR) is 123 cm³/mol. The molecule has 1 saturated heterocycles. The van der Waals surface area contributed by atoms with Gasteiger partial charge in [0, 0.05) is 36.7 Å². The van der Waals surface area contributed by atoms with E-state index in [4.69, 9.17) is 0 Å². The van der Waals surface area contributed by atoms with E-state index in [1.165, 1.54) is 0 Å². The Morgan fingerprint density at radius 2 is 2.00 bits per heavy atom. The average molecular weight is 429 g/mol. The highest BCUT2D eigenvalue weighted by Gasteiger charge is 2.75. The van der Waals surface area contributed by atoms with Crippen molar-refractivity contribution in [2.45, 2.75) is 50.9 Å². The monoisotopic (exact) mass is 428 g/mol. The molecular formula is C26H28N4O2. The molecule has 1 aliphatic heterocycles. The first-order chi connectivity index (χ1) is 15.4. The lowest BCUT2D eigenvalue weighted by Crippen LogP contribution is -2.39. The number of nitrogens with one attached hydrogen (secondary N) is 1. The summed E-state index contributed by atoms with van der Waals surface area (Å²) in [7, 11) is 0. The first-order valence-corrected chi connectivity index (χ1v) is 11.5. The van der Waals surface area contributed by atoms with Crippen molar-refractivity contribution in [1.82, 2.24) is 9.88 Å². The fourth-order valence-corrected chi connectivity index (χ4v) is 5.41. The summed E-state index contributed by atoms with van der Waals surface area (Å²) in [5.41, 5.74) is 1.50. The van der Waals surface area contributed by atoms with Gasteiger partial charge in [-0.1, -0.05) is 25.6 Å². The van der Waals surface area contributed by atoms with Crippen molar-refractivity contribution >= 4 is 28.4 Å². The van der Waals surface area contributed by atoms with Crippen molar-refractivity contribution < 1.29 is 9.59 Å². The molecular weight excluding hydrogens is 400 g/mol. The molecule has 1 spiro atoms. The molecule has 6 nitrogen and oxygen atoms in total. The van der Waals surface area contributed by atoms with Crippen molar-refractivity contribution in [2.24, 2.45) is 11.3 Å². The summed E-state index contributed by atoms with van der Waals surface area (Å²) in [4.78, 5) is 31.0. The minimum atomic E-state index is -0.337. The maximum Gasteiger partial charge on any atom is 0.252 e. The number of hydrogen-bond donors (Lipinski definition) is 1. The van der Waals surface area contributed by atoms with Crippen LogP contribution in [0, 0.1) is 22.7 Å². The summed E-state index contributed by atoms with van der Waals surface area (Å²) >= 11 is 0. The van der Waals surface area contributed by atoms with E-state index >= 15 is 0 Å². The van der Waals surface area contributed by atoms with E-state index in [0.29, 0.717) is 30.9 Å². The Hall–Kier alpha value is -3.20. The van der Waals surface area contributed by atoms with Crippen molar-refractivity contribution in [3.63, 3.8) is 0 Å². The van der Waals surface area contributed by atoms with Crippen LogP contribution in [0.5, 0.6) is 0 Å². The zero-order valence-electron chi connectivity index (χ0n) is 18.5. The molecule has 3 aliphatic rings. The standard InChI is InChI=1S/C26H28N4O2/c1-3-23(31)30-10-6-18(7-11-30)17(2)24(32)29-22-13-20-12-21(5-4-19(20)14-28-22)26(16-27)15-25(26)8-9-25/h4-5,12-14,18H,2-3,6-11,15H2,1H3,(H,28,29,32). The molecule has 1 atom stereocenters. The number of fused-ring (bicyclic) bond motifs is 1. The second-order valence-corrected chi connectivity index (χ2v) is 9.59. The molecule has 1 unspecified atom stereocenters. The molecule has 1 aromatic carbocycles. The van der Waals surface area contributed by atoms with E-state index in [-0.39, 0.29) is 28.6 Å². The van der Waals surface area contributed by atoms with Crippen molar-refractivity contribution in [1.29, 1.82) is 5.26 Å². The Morgan fingerprint density at radius 1 is 1.25 bits per heavy atom. The number of pyridine rings is 1. The van der Waals surface area contributed by atoms with Crippen molar-refractivity contribution in [3.8, 4) is 6.07 Å². The molecule has 1 aromatic heterocycles. The molecule has 2 aromatic rings. The smallest absolute Gasteiger partial charge is 0.252 e. The summed E-state index contributed by atoms with van der Waals surface area (Å²) < 4.78 is 0. The molecule has 32 heavy (non-hydrogen) atoms. The van der Waals surface area contributed by atoms with Crippen LogP contribution < -0.4 is 5.32 Å². The van der Waals surface area contributed by atoms with Gasteiger partial charge in [0.1, 0.15) is 5.82 Å². The van der Waals surface area contributed by atoms with Crippen LogP contribution in [0.2, 0.25) is 0 Å². The highest BCUT2D eigenvalue weighted by Crippen LogP contribution is 2.78. The zero-order valence-corrected chi connectivity index (χ0v) is 18.5. The quantitative estimate of drug-likeness (QED) is 0.719. The normalized spacial score (nSPS) is 23.6. The van der Waals surface area contributed by atoms with Crippen LogP contribution in [0.3, 0.4) is 0 Å². The van der Waals surface area contributed by atoms with E-state index in [1.807, 2.05) is 24.0 Å². The van der Waals surface area contributed by atoms with Gasteiger partial charge in [-0.3, -0.25) is 9.59 Å². The molecule has 6 heteroatoms. The molecule has 2 saturated carbocycles. The Balaban J connectivity index is 1.28. The van der Waals surface area contributed by atoms with Gasteiger partial charge in [-0.15, -0.1) is 0 Å². The van der Waals surface area contributed by atoms with Crippen LogP contribution in [-0.4, -0.2) is 34.8 Å². The van der Waals surface area contributed by atoms with Gasteiger partial charge in [0.15, 0.2) is 0 Å². The minimum absolute atomic E-state index is 0.0723. The lowest BCUT2D eigenvalue weighted by atomic mass is 9.89. The summed E-state index contributed by atoms with van der Waals surface area (Å²) in [5.74, 6) is 0.501. The van der Waals surface area contributed by atoms with Crippen LogP contribution in [-0.2, 0) is 15.0 Å². The number of rotatable bonds is 5. The number of amides is 2. The molecule has 5 rings (SSSR count). The maximum atomic E-state index is 12.8. The summed E-state index contributed by atoms with van der Waals surface area (Å²) in [6.07, 6.45) is 7.02. The van der Waals surface area contributed by atoms with Gasteiger partial charge in [-0.2, -0.15) is 5.26 Å². The third-order valence-electron chi connectivity index (χ3n) is 7.82. The highest BCUT2D eigenvalue weighted by atomic mass is 16.2. The third kappa shape index (κ3) is 3.28. The van der Waals surface area contributed by atoms with E-state index in [0.717, 1.165) is 48.4 Å². The number of likely N-dealkylation sites (tertiary alicyclic amines) is 1. The molecule has 2 aliphatic carbocycles. The van der Waals surface area contributed by atoms with Gasteiger partial charge in [-0.05, 0) is 66.5 Å². The molecule has 2 heterocycles. The van der Waals surface area contributed by atoms with Gasteiger partial charge in [0.25, 0.3) is 5.91 Å². The molecule has 164 valence electrons. The maximum absolute atomic E-state index is 12.8. The van der Waals surface area contributed by atoms with Crippen LogP contribution in [0.1, 0.15) is 51.0 Å². The first-order valence-electron chi connectivity index (χ1n) is 11.5. The number of anilines is 1. The van der Waals surface area contributed by atoms with Crippen molar-refractivity contribution in [2.75, 3.05) is 18.4 Å². The Kier molecular flexibility index (Phi) is 4.81. The minimum Gasteiger partial charge on any atom is -0.343 e. The first kappa shape index (κ1) is 20.7. The molecule has 2 amide bonds. The summed E-state index contributed by atoms with van der Waals surface area (Å²) in [6, 6.07) is 10.6. The van der Waals surface area contributed by atoms with Crippen LogP contribution in [0.4, 0.5) is 5.82 Å². The molecule has 0 radical (unpaired) electrons. The number of nitriles is 1. The van der Waals surface area contributed by atoms with Gasteiger partial charge < -0.3 is 10.2 Å². The number of benzene rings is 1. The second-order valence-electron chi connectivity index (χ2n) is 9.59. The molecule has 3 fully saturated rings. The number of hydrogen-bond acceptors (Lipinski definition) is 4. The number of nitrogens with zero attached hydrogens (tertiary/aromatic N) is 3. The summed E-state index contributed by atoms with van der Waals surface area (Å²) in [6.45, 7) is 7.25. The fraction of sp³-hybridized carbons (Fsp3) is 0.462. The largest absolute Gasteiger partial charge is 0.343 e. The zero-order chi connectivity index (χ0) is 22.5. The predicted octanol–water partition coefficient (Wildman–Crippen LogP) is 4.32. The topological polar surface area (TPSA) is 86.1 Å². The number of piperidine rings is 1. The molecule has 1 N–H and O–H groups in total. The number of carbonyl (C=O) groups is 2.